The molecule has 154 valence electrons. The molecule has 1 aliphatic heterocycles. The molecule has 1 aliphatic rings. The van der Waals surface area contributed by atoms with E-state index in [1.807, 2.05) is 30.0 Å². The van der Waals surface area contributed by atoms with Crippen molar-refractivity contribution in [2.45, 2.75) is 25.9 Å². The molecule has 2 aromatic rings. The summed E-state index contributed by atoms with van der Waals surface area (Å²) >= 11 is 0. The summed E-state index contributed by atoms with van der Waals surface area (Å²) in [6.07, 6.45) is 1.67. The number of hydrogen-bond donors (Lipinski definition) is 2. The second kappa shape index (κ2) is 9.91. The molecule has 0 aliphatic carbocycles. The molecular weight excluding hydrogens is 371 g/mol. The Morgan fingerprint density at radius 2 is 1.97 bits per heavy atom. The summed E-state index contributed by atoms with van der Waals surface area (Å²) in [6, 6.07) is 14.3. The minimum atomic E-state index is -0.394. The van der Waals surface area contributed by atoms with Crippen LogP contribution in [0.1, 0.15) is 18.9 Å². The molecule has 0 saturated heterocycles. The van der Waals surface area contributed by atoms with Gasteiger partial charge in [0.25, 0.3) is 0 Å². The highest BCUT2D eigenvalue weighted by molar-refractivity contribution is 5.98. The Labute approximate surface area is 170 Å². The van der Waals surface area contributed by atoms with Crippen molar-refractivity contribution in [3.63, 3.8) is 0 Å². The van der Waals surface area contributed by atoms with Crippen LogP contribution < -0.4 is 20.3 Å². The smallest absolute Gasteiger partial charge is 0.246 e. The molecule has 1 heterocycles. The van der Waals surface area contributed by atoms with Crippen molar-refractivity contribution in [1.82, 2.24) is 10.6 Å². The quantitative estimate of drug-likeness (QED) is 0.580. The first kappa shape index (κ1) is 20.6. The minimum Gasteiger partial charge on any atom is -0.486 e. The molecule has 29 heavy (non-hydrogen) atoms. The maximum absolute atomic E-state index is 13.7. The van der Waals surface area contributed by atoms with Gasteiger partial charge < -0.3 is 20.3 Å². The molecule has 0 aromatic heterocycles. The zero-order valence-electron chi connectivity index (χ0n) is 16.8. The predicted octanol–water partition coefficient (Wildman–Crippen LogP) is 2.74. The summed E-state index contributed by atoms with van der Waals surface area (Å²) in [4.78, 5) is 18.7. The first-order valence-corrected chi connectivity index (χ1v) is 9.82. The number of carbonyl (C=O) groups is 1. The molecular formula is C22H27FN4O2. The third kappa shape index (κ3) is 5.47. The van der Waals surface area contributed by atoms with Crippen LogP contribution >= 0.6 is 0 Å². The second-order valence-corrected chi connectivity index (χ2v) is 6.94. The standard InChI is InChI=1S/C22H27FN4O2/c1-16(29-20-12-6-4-10-18(20)23)14-25-22(24-2)26-15-21(28)27-13-7-9-17-8-3-5-11-19(17)27/h3-6,8,10-12,16H,7,9,13-15H2,1-2H3,(H2,24,25,26). The summed E-state index contributed by atoms with van der Waals surface area (Å²) in [7, 11) is 1.64. The Bertz CT molecular complexity index is 871. The van der Waals surface area contributed by atoms with E-state index in [0.717, 1.165) is 25.1 Å². The summed E-state index contributed by atoms with van der Waals surface area (Å²) < 4.78 is 19.3. The molecule has 0 saturated carbocycles. The van der Waals surface area contributed by atoms with Crippen LogP contribution in [0.4, 0.5) is 10.1 Å². The zero-order chi connectivity index (χ0) is 20.6. The lowest BCUT2D eigenvalue weighted by molar-refractivity contribution is -0.117. The number of guanidine groups is 1. The Morgan fingerprint density at radius 1 is 1.21 bits per heavy atom. The number of nitrogens with zero attached hydrogens (tertiary/aromatic N) is 2. The topological polar surface area (TPSA) is 66.0 Å². The van der Waals surface area contributed by atoms with Crippen LogP contribution in [-0.2, 0) is 11.2 Å². The average molecular weight is 398 g/mol. The molecule has 1 atom stereocenters. The highest BCUT2D eigenvalue weighted by atomic mass is 19.1. The fourth-order valence-electron chi connectivity index (χ4n) is 3.31. The van der Waals surface area contributed by atoms with Crippen molar-refractivity contribution < 1.29 is 13.9 Å². The van der Waals surface area contributed by atoms with E-state index in [1.54, 1.807) is 25.2 Å². The number of anilines is 1. The van der Waals surface area contributed by atoms with E-state index in [9.17, 15) is 9.18 Å². The molecule has 3 rings (SSSR count). The van der Waals surface area contributed by atoms with Gasteiger partial charge in [0.05, 0.1) is 13.1 Å². The van der Waals surface area contributed by atoms with Crippen molar-refractivity contribution >= 4 is 17.6 Å². The van der Waals surface area contributed by atoms with Gasteiger partial charge in [0.15, 0.2) is 17.5 Å². The van der Waals surface area contributed by atoms with Crippen LogP contribution in [-0.4, -0.2) is 44.7 Å². The van der Waals surface area contributed by atoms with Gasteiger partial charge in [-0.1, -0.05) is 30.3 Å². The molecule has 2 aromatic carbocycles. The first-order chi connectivity index (χ1) is 14.1. The van der Waals surface area contributed by atoms with E-state index >= 15 is 0 Å². The van der Waals surface area contributed by atoms with Crippen LogP contribution in [0.15, 0.2) is 53.5 Å². The number of nitrogens with one attached hydrogen (secondary N) is 2. The molecule has 0 bridgehead atoms. The molecule has 0 spiro atoms. The van der Waals surface area contributed by atoms with Gasteiger partial charge in [-0.05, 0) is 43.5 Å². The van der Waals surface area contributed by atoms with Gasteiger partial charge in [-0.25, -0.2) is 4.39 Å². The third-order valence-corrected chi connectivity index (χ3v) is 4.76. The number of benzene rings is 2. The van der Waals surface area contributed by atoms with Gasteiger partial charge in [0.2, 0.25) is 5.91 Å². The number of carbonyl (C=O) groups excluding carboxylic acids is 1. The lowest BCUT2D eigenvalue weighted by Gasteiger charge is -2.29. The van der Waals surface area contributed by atoms with Crippen LogP contribution in [0.5, 0.6) is 5.75 Å². The van der Waals surface area contributed by atoms with Crippen LogP contribution in [0, 0.1) is 5.82 Å². The highest BCUT2D eigenvalue weighted by Crippen LogP contribution is 2.26. The highest BCUT2D eigenvalue weighted by Gasteiger charge is 2.22. The zero-order valence-corrected chi connectivity index (χ0v) is 16.8. The summed E-state index contributed by atoms with van der Waals surface area (Å²) in [5.74, 6) is 0.307. The lowest BCUT2D eigenvalue weighted by atomic mass is 10.0. The number of amides is 1. The van der Waals surface area contributed by atoms with Crippen molar-refractivity contribution in [1.29, 1.82) is 0 Å². The van der Waals surface area contributed by atoms with Crippen molar-refractivity contribution in [2.24, 2.45) is 4.99 Å². The number of ether oxygens (including phenoxy) is 1. The molecule has 0 radical (unpaired) electrons. The number of aryl methyl sites for hydroxylation is 1. The Morgan fingerprint density at radius 3 is 2.76 bits per heavy atom. The second-order valence-electron chi connectivity index (χ2n) is 6.94. The Balaban J connectivity index is 1.48. The van der Waals surface area contributed by atoms with Crippen LogP contribution in [0.2, 0.25) is 0 Å². The first-order valence-electron chi connectivity index (χ1n) is 9.82. The number of halogens is 1. The van der Waals surface area contributed by atoms with Crippen LogP contribution in [0.25, 0.3) is 0 Å². The average Bonchev–Trinajstić information content (AvgIpc) is 2.75. The monoisotopic (exact) mass is 398 g/mol. The third-order valence-electron chi connectivity index (χ3n) is 4.76. The maximum Gasteiger partial charge on any atom is 0.246 e. The molecule has 0 fully saturated rings. The molecule has 1 amide bonds. The van der Waals surface area contributed by atoms with Gasteiger partial charge in [-0.2, -0.15) is 0 Å². The van der Waals surface area contributed by atoms with Gasteiger partial charge in [0, 0.05) is 19.3 Å². The normalized spacial score (nSPS) is 14.7. The molecule has 2 N–H and O–H groups in total. The van der Waals surface area contributed by atoms with E-state index in [1.165, 1.54) is 11.6 Å². The Hall–Kier alpha value is -3.09. The molecule has 7 heteroatoms. The van der Waals surface area contributed by atoms with Gasteiger partial charge in [-0.3, -0.25) is 9.79 Å². The SMILES string of the molecule is CN=C(NCC(=O)N1CCCc2ccccc21)NCC(C)Oc1ccccc1F. The minimum absolute atomic E-state index is 0.00393. The molecule has 6 nitrogen and oxygen atoms in total. The van der Waals surface area contributed by atoms with Crippen molar-refractivity contribution in [3.05, 3.63) is 59.9 Å². The van der Waals surface area contributed by atoms with E-state index in [4.69, 9.17) is 4.74 Å². The van der Waals surface area contributed by atoms with Crippen LogP contribution in [0.3, 0.4) is 0 Å². The number of rotatable bonds is 6. The van der Waals surface area contributed by atoms with Gasteiger partial charge in [-0.15, -0.1) is 0 Å². The summed E-state index contributed by atoms with van der Waals surface area (Å²) in [5.41, 5.74) is 2.19. The molecule has 1 unspecified atom stereocenters. The largest absolute Gasteiger partial charge is 0.486 e. The fourth-order valence-corrected chi connectivity index (χ4v) is 3.31. The summed E-state index contributed by atoms with van der Waals surface area (Å²) in [6.45, 7) is 3.10. The lowest BCUT2D eigenvalue weighted by Crippen LogP contribution is -2.47. The predicted molar refractivity (Wildman–Crippen MR) is 113 cm³/mol. The van der Waals surface area contributed by atoms with Gasteiger partial charge >= 0.3 is 0 Å². The van der Waals surface area contributed by atoms with E-state index in [0.29, 0.717) is 12.5 Å². The van der Waals surface area contributed by atoms with E-state index < -0.39 is 5.82 Å². The number of aliphatic imine (C=N–C) groups is 1. The maximum atomic E-state index is 13.7. The van der Waals surface area contributed by atoms with E-state index in [2.05, 4.69) is 21.7 Å². The number of fused-ring (bicyclic) bond motifs is 1. The summed E-state index contributed by atoms with van der Waals surface area (Å²) in [5, 5.41) is 6.15. The number of para-hydroxylation sites is 2. The van der Waals surface area contributed by atoms with Gasteiger partial charge in [0.1, 0.15) is 6.10 Å². The van der Waals surface area contributed by atoms with Crippen molar-refractivity contribution in [3.8, 4) is 5.75 Å². The Kier molecular flexibility index (Phi) is 7.05. The number of hydrogen-bond acceptors (Lipinski definition) is 3. The van der Waals surface area contributed by atoms with Crippen molar-refractivity contribution in [2.75, 3.05) is 31.6 Å². The fraction of sp³-hybridized carbons (Fsp3) is 0.364. The van der Waals surface area contributed by atoms with E-state index in [-0.39, 0.29) is 24.3 Å².